The van der Waals surface area contributed by atoms with Gasteiger partial charge < -0.3 is 5.73 Å². The molecule has 0 unspecified atom stereocenters. The molecule has 0 aliphatic rings. The molecule has 0 saturated carbocycles. The third kappa shape index (κ3) is 5.73. The van der Waals surface area contributed by atoms with Crippen molar-refractivity contribution in [1.29, 1.82) is 0 Å². The standard InChI is InChI=1S/C15H14O.C7H9N/c1-12-3-2-4-15(9-12)10-13-5-7-14(11-16)8-6-13;1-6-3-2-4-7(8)5-6/h2-9,11H,10H2,1H3;2-5H,8H2,1H3. The van der Waals surface area contributed by atoms with E-state index in [1.807, 2.05) is 55.5 Å². The minimum absolute atomic E-state index is 0.730. The summed E-state index contributed by atoms with van der Waals surface area (Å²) in [6.45, 7) is 4.12. The summed E-state index contributed by atoms with van der Waals surface area (Å²) in [4.78, 5) is 10.5. The molecule has 0 aliphatic heterocycles. The van der Waals surface area contributed by atoms with Gasteiger partial charge in [-0.15, -0.1) is 0 Å². The number of carbonyl (C=O) groups is 1. The summed E-state index contributed by atoms with van der Waals surface area (Å²) in [6.07, 6.45) is 1.79. The fourth-order valence-corrected chi connectivity index (χ4v) is 2.44. The molecule has 3 aromatic carbocycles. The first-order valence-corrected chi connectivity index (χ1v) is 7.98. The number of hydrogen-bond acceptors (Lipinski definition) is 2. The van der Waals surface area contributed by atoms with Gasteiger partial charge in [-0.3, -0.25) is 4.79 Å². The Morgan fingerprint density at radius 1 is 0.792 bits per heavy atom. The van der Waals surface area contributed by atoms with Gasteiger partial charge in [-0.25, -0.2) is 0 Å². The zero-order valence-electron chi connectivity index (χ0n) is 14.2. The summed E-state index contributed by atoms with van der Waals surface area (Å²) in [5, 5.41) is 0. The van der Waals surface area contributed by atoms with Crippen molar-refractivity contribution in [3.63, 3.8) is 0 Å². The molecular formula is C22H23NO. The van der Waals surface area contributed by atoms with Gasteiger partial charge in [-0.2, -0.15) is 0 Å². The number of anilines is 1. The number of rotatable bonds is 3. The first-order valence-electron chi connectivity index (χ1n) is 7.98. The van der Waals surface area contributed by atoms with Crippen LogP contribution in [0.4, 0.5) is 5.69 Å². The van der Waals surface area contributed by atoms with Gasteiger partial charge in [0, 0.05) is 11.3 Å². The van der Waals surface area contributed by atoms with Crippen molar-refractivity contribution >= 4 is 12.0 Å². The first kappa shape index (κ1) is 17.5. The van der Waals surface area contributed by atoms with Gasteiger partial charge in [0.1, 0.15) is 6.29 Å². The van der Waals surface area contributed by atoms with E-state index in [2.05, 4.69) is 31.2 Å². The Balaban J connectivity index is 0.000000219. The van der Waals surface area contributed by atoms with Gasteiger partial charge in [0.2, 0.25) is 0 Å². The topological polar surface area (TPSA) is 43.1 Å². The highest BCUT2D eigenvalue weighted by atomic mass is 16.1. The van der Waals surface area contributed by atoms with Gasteiger partial charge in [-0.05, 0) is 49.1 Å². The highest BCUT2D eigenvalue weighted by Crippen LogP contribution is 2.11. The number of nitrogen functional groups attached to an aromatic ring is 1. The fourth-order valence-electron chi connectivity index (χ4n) is 2.44. The van der Waals surface area contributed by atoms with Crippen molar-refractivity contribution in [3.05, 3.63) is 101 Å². The maximum atomic E-state index is 10.5. The third-order valence-electron chi connectivity index (χ3n) is 3.65. The Morgan fingerprint density at radius 3 is 1.92 bits per heavy atom. The van der Waals surface area contributed by atoms with Gasteiger partial charge >= 0.3 is 0 Å². The predicted molar refractivity (Wildman–Crippen MR) is 101 cm³/mol. The number of aldehydes is 1. The molecule has 0 aliphatic carbocycles. The number of carbonyl (C=O) groups excluding carboxylic acids is 1. The van der Waals surface area contributed by atoms with Crippen molar-refractivity contribution in [2.75, 3.05) is 5.73 Å². The van der Waals surface area contributed by atoms with Crippen LogP contribution in [0.2, 0.25) is 0 Å². The Labute approximate surface area is 144 Å². The van der Waals surface area contributed by atoms with Crippen LogP contribution < -0.4 is 5.73 Å². The average molecular weight is 317 g/mol. The molecule has 0 radical (unpaired) electrons. The summed E-state index contributed by atoms with van der Waals surface area (Å²) in [7, 11) is 0. The molecule has 0 aromatic heterocycles. The molecule has 0 heterocycles. The van der Waals surface area contributed by atoms with Crippen LogP contribution >= 0.6 is 0 Å². The lowest BCUT2D eigenvalue weighted by atomic mass is 10.0. The highest BCUT2D eigenvalue weighted by molar-refractivity contribution is 5.74. The normalized spacial score (nSPS) is 9.75. The molecule has 122 valence electrons. The lowest BCUT2D eigenvalue weighted by molar-refractivity contribution is 0.112. The summed E-state index contributed by atoms with van der Waals surface area (Å²) in [5.74, 6) is 0. The number of aryl methyl sites for hydroxylation is 2. The summed E-state index contributed by atoms with van der Waals surface area (Å²) >= 11 is 0. The van der Waals surface area contributed by atoms with Crippen molar-refractivity contribution < 1.29 is 4.79 Å². The molecule has 3 aromatic rings. The molecule has 2 nitrogen and oxygen atoms in total. The molecule has 2 heteroatoms. The maximum Gasteiger partial charge on any atom is 0.150 e. The van der Waals surface area contributed by atoms with Gasteiger partial charge in [0.05, 0.1) is 0 Å². The molecule has 24 heavy (non-hydrogen) atoms. The van der Waals surface area contributed by atoms with Crippen LogP contribution in [-0.2, 0) is 6.42 Å². The second-order valence-corrected chi connectivity index (χ2v) is 5.94. The Hall–Kier alpha value is -2.87. The summed E-state index contributed by atoms with van der Waals surface area (Å²) in [5.41, 5.74) is 12.1. The van der Waals surface area contributed by atoms with Gasteiger partial charge in [-0.1, -0.05) is 66.2 Å². The third-order valence-corrected chi connectivity index (χ3v) is 3.65. The van der Waals surface area contributed by atoms with E-state index >= 15 is 0 Å². The molecule has 0 fully saturated rings. The van der Waals surface area contributed by atoms with Gasteiger partial charge in [0.25, 0.3) is 0 Å². The lowest BCUT2D eigenvalue weighted by Gasteiger charge is -2.03. The molecule has 0 amide bonds. The quantitative estimate of drug-likeness (QED) is 0.547. The lowest BCUT2D eigenvalue weighted by Crippen LogP contribution is -1.89. The van der Waals surface area contributed by atoms with E-state index in [0.717, 1.165) is 24.0 Å². The second kappa shape index (κ2) is 8.68. The predicted octanol–water partition coefficient (Wildman–Crippen LogP) is 4.98. The van der Waals surface area contributed by atoms with Gasteiger partial charge in [0.15, 0.2) is 0 Å². The van der Waals surface area contributed by atoms with Crippen LogP contribution in [0.1, 0.15) is 32.6 Å². The number of nitrogens with two attached hydrogens (primary N) is 1. The van der Waals surface area contributed by atoms with Crippen molar-refractivity contribution in [2.24, 2.45) is 0 Å². The van der Waals surface area contributed by atoms with Crippen LogP contribution in [0.25, 0.3) is 0 Å². The van der Waals surface area contributed by atoms with E-state index in [1.165, 1.54) is 22.3 Å². The van der Waals surface area contributed by atoms with Crippen LogP contribution in [-0.4, -0.2) is 6.29 Å². The Morgan fingerprint density at radius 2 is 1.42 bits per heavy atom. The van der Waals surface area contributed by atoms with E-state index in [1.54, 1.807) is 0 Å². The van der Waals surface area contributed by atoms with Crippen molar-refractivity contribution in [3.8, 4) is 0 Å². The summed E-state index contributed by atoms with van der Waals surface area (Å²) < 4.78 is 0. The van der Waals surface area contributed by atoms with Crippen LogP contribution in [0.5, 0.6) is 0 Å². The molecule has 0 atom stereocenters. The maximum absolute atomic E-state index is 10.5. The monoisotopic (exact) mass is 317 g/mol. The number of benzene rings is 3. The van der Waals surface area contributed by atoms with Crippen LogP contribution in [0.3, 0.4) is 0 Å². The van der Waals surface area contributed by atoms with Crippen LogP contribution in [0, 0.1) is 13.8 Å². The highest BCUT2D eigenvalue weighted by Gasteiger charge is 1.97. The Bertz CT molecular complexity index is 774. The molecule has 2 N–H and O–H groups in total. The second-order valence-electron chi connectivity index (χ2n) is 5.94. The smallest absolute Gasteiger partial charge is 0.150 e. The van der Waals surface area contributed by atoms with Crippen molar-refractivity contribution in [2.45, 2.75) is 20.3 Å². The van der Waals surface area contributed by atoms with Crippen molar-refractivity contribution in [1.82, 2.24) is 0 Å². The van der Waals surface area contributed by atoms with E-state index in [0.29, 0.717) is 0 Å². The van der Waals surface area contributed by atoms with E-state index in [4.69, 9.17) is 5.73 Å². The SMILES string of the molecule is Cc1cccc(Cc2ccc(C=O)cc2)c1.Cc1cccc(N)c1. The van der Waals surface area contributed by atoms with E-state index in [9.17, 15) is 4.79 Å². The molecule has 0 saturated heterocycles. The zero-order valence-corrected chi connectivity index (χ0v) is 14.2. The van der Waals surface area contributed by atoms with E-state index < -0.39 is 0 Å². The molecule has 0 spiro atoms. The average Bonchev–Trinajstić information content (AvgIpc) is 2.56. The molecule has 3 rings (SSSR count). The van der Waals surface area contributed by atoms with E-state index in [-0.39, 0.29) is 0 Å². The minimum Gasteiger partial charge on any atom is -0.399 e. The number of hydrogen-bond donors (Lipinski definition) is 1. The van der Waals surface area contributed by atoms with Crippen LogP contribution in [0.15, 0.2) is 72.8 Å². The minimum atomic E-state index is 0.730. The zero-order chi connectivity index (χ0) is 17.4. The molecular weight excluding hydrogens is 294 g/mol. The molecule has 0 bridgehead atoms. The fraction of sp³-hybridized carbons (Fsp3) is 0.136. The first-order chi connectivity index (χ1) is 11.6. The summed E-state index contributed by atoms with van der Waals surface area (Å²) in [6, 6.07) is 24.0. The Kier molecular flexibility index (Phi) is 6.32. The largest absolute Gasteiger partial charge is 0.399 e.